The number of hydrogen-bond acceptors (Lipinski definition) is 6. The Labute approximate surface area is 186 Å². The van der Waals surface area contributed by atoms with E-state index >= 15 is 0 Å². The van der Waals surface area contributed by atoms with Gasteiger partial charge in [-0.3, -0.25) is 9.63 Å². The fraction of sp³-hybridized carbons (Fsp3) is 0.333. The summed E-state index contributed by atoms with van der Waals surface area (Å²) in [7, 11) is -10.5. The fourth-order valence-electron chi connectivity index (χ4n) is 3.44. The van der Waals surface area contributed by atoms with Gasteiger partial charge >= 0.3 is 11.9 Å². The summed E-state index contributed by atoms with van der Waals surface area (Å²) in [5, 5.41) is -3.33. The van der Waals surface area contributed by atoms with Crippen LogP contribution in [0, 0.1) is 0 Å². The second-order valence-corrected chi connectivity index (χ2v) is 9.97. The number of nitrogens with zero attached hydrogens (tertiary/aromatic N) is 1. The van der Waals surface area contributed by atoms with E-state index in [9.17, 15) is 29.0 Å². The van der Waals surface area contributed by atoms with Crippen LogP contribution in [0.25, 0.3) is 0 Å². The van der Waals surface area contributed by atoms with Crippen LogP contribution in [0.1, 0.15) is 18.1 Å². The minimum Gasteiger partial charge on any atom is -0.465 e. The van der Waals surface area contributed by atoms with Crippen molar-refractivity contribution in [3.63, 3.8) is 0 Å². The van der Waals surface area contributed by atoms with Gasteiger partial charge in [0.25, 0.3) is 10.2 Å². The number of hydrogen-bond donors (Lipinski definition) is 0. The second kappa shape index (κ2) is 8.58. The molecule has 0 bridgehead atoms. The maximum absolute atomic E-state index is 14.1. The molecule has 1 aliphatic heterocycles. The first kappa shape index (κ1) is 24.9. The molecule has 1 aliphatic rings. The molecule has 0 N–H and O–H groups in total. The number of hydroxylamine groups is 2. The number of carbonyl (C=O) groups is 2. The highest BCUT2D eigenvalue weighted by Crippen LogP contribution is 3.01. The van der Waals surface area contributed by atoms with Crippen LogP contribution in [-0.4, -0.2) is 41.0 Å². The number of halogens is 5. The van der Waals surface area contributed by atoms with Gasteiger partial charge in [-0.15, -0.1) is 0 Å². The van der Waals surface area contributed by atoms with E-state index in [2.05, 4.69) is 4.74 Å². The second-order valence-electron chi connectivity index (χ2n) is 7.37. The van der Waals surface area contributed by atoms with Gasteiger partial charge in [-0.2, -0.15) is 5.06 Å². The summed E-state index contributed by atoms with van der Waals surface area (Å²) in [5.74, 6) is -3.24. The molecule has 1 fully saturated rings. The predicted octanol–water partition coefficient (Wildman–Crippen LogP) is 5.14. The van der Waals surface area contributed by atoms with Crippen LogP contribution in [0.4, 0.5) is 19.4 Å². The van der Waals surface area contributed by atoms with Crippen molar-refractivity contribution < 1.29 is 43.3 Å². The molecule has 0 aromatic heterocycles. The Balaban J connectivity index is 1.97. The van der Waals surface area contributed by atoms with Crippen LogP contribution in [0.15, 0.2) is 60.7 Å². The smallest absolute Gasteiger partial charge is 0.339 e. The lowest BCUT2D eigenvalue weighted by Crippen LogP contribution is -2.50. The van der Waals surface area contributed by atoms with Crippen LogP contribution in [-0.2, 0) is 37.1 Å². The largest absolute Gasteiger partial charge is 0.465 e. The topological polar surface area (TPSA) is 65.1 Å². The Morgan fingerprint density at radius 1 is 0.879 bits per heavy atom. The van der Waals surface area contributed by atoms with Gasteiger partial charge in [0.15, 0.2) is 17.4 Å². The first-order chi connectivity index (χ1) is 15.3. The predicted molar refractivity (Wildman–Crippen MR) is 110 cm³/mol. The van der Waals surface area contributed by atoms with E-state index in [0.29, 0.717) is 16.2 Å². The molecular weight excluding hydrogens is 473 g/mol. The molecule has 33 heavy (non-hydrogen) atoms. The minimum atomic E-state index is -10.5. The molecular formula is C21H22F5NO5S. The molecule has 2 aromatic rings. The van der Waals surface area contributed by atoms with Crippen LogP contribution in [0.3, 0.4) is 0 Å². The summed E-state index contributed by atoms with van der Waals surface area (Å²) in [6.45, 7) is 0.0205. The fourth-order valence-corrected chi connectivity index (χ4v) is 4.81. The van der Waals surface area contributed by atoms with Gasteiger partial charge < -0.3 is 9.47 Å². The molecule has 12 heteroatoms. The van der Waals surface area contributed by atoms with E-state index in [4.69, 9.17) is 9.57 Å². The van der Waals surface area contributed by atoms with Gasteiger partial charge in [-0.05, 0) is 18.1 Å². The van der Waals surface area contributed by atoms with Crippen molar-refractivity contribution in [1.82, 2.24) is 5.06 Å². The van der Waals surface area contributed by atoms with E-state index in [0.717, 1.165) is 0 Å². The lowest BCUT2D eigenvalue weighted by atomic mass is 10.1. The van der Waals surface area contributed by atoms with Crippen molar-refractivity contribution in [3.8, 4) is 0 Å². The van der Waals surface area contributed by atoms with Crippen molar-refractivity contribution in [1.29, 1.82) is 0 Å². The van der Waals surface area contributed by atoms with E-state index in [1.807, 2.05) is 0 Å². The number of ether oxygens (including phenoxy) is 2. The highest BCUT2D eigenvalue weighted by atomic mass is 32.5. The lowest BCUT2D eigenvalue weighted by Gasteiger charge is -2.47. The first-order valence-corrected chi connectivity index (χ1v) is 11.9. The van der Waals surface area contributed by atoms with Gasteiger partial charge in [-0.25, -0.2) is 4.79 Å². The van der Waals surface area contributed by atoms with Gasteiger partial charge in [0.2, 0.25) is 0 Å². The molecule has 0 unspecified atom stereocenters. The Morgan fingerprint density at radius 2 is 1.42 bits per heavy atom. The summed E-state index contributed by atoms with van der Waals surface area (Å²) in [4.78, 5) is 30.0. The number of carbonyl (C=O) groups excluding carboxylic acids is 2. The Morgan fingerprint density at radius 3 is 1.94 bits per heavy atom. The summed E-state index contributed by atoms with van der Waals surface area (Å²) >= 11 is 0. The van der Waals surface area contributed by atoms with Crippen LogP contribution >= 0.6 is 10.2 Å². The SMILES string of the molecule is CCOC(=O)[C@H]1[C@@H](S(F)(F)(F)(F)F)[C@H](C(=O)OCc2ccccc2)ON1Cc1ccccc1. The third-order valence-electron chi connectivity index (χ3n) is 4.85. The molecule has 1 heterocycles. The first-order valence-electron chi connectivity index (χ1n) is 9.87. The quantitative estimate of drug-likeness (QED) is 0.373. The van der Waals surface area contributed by atoms with Crippen LogP contribution in [0.5, 0.6) is 0 Å². The van der Waals surface area contributed by atoms with Crippen molar-refractivity contribution in [2.24, 2.45) is 0 Å². The van der Waals surface area contributed by atoms with Gasteiger partial charge in [0, 0.05) is 0 Å². The molecule has 3 atom stereocenters. The maximum Gasteiger partial charge on any atom is 0.339 e. The van der Waals surface area contributed by atoms with Crippen molar-refractivity contribution in [3.05, 3.63) is 71.8 Å². The van der Waals surface area contributed by atoms with Crippen LogP contribution < -0.4 is 0 Å². The summed E-state index contributed by atoms with van der Waals surface area (Å²) in [6, 6.07) is 13.1. The molecule has 0 spiro atoms. The normalized spacial score (nSPS) is 23.4. The summed E-state index contributed by atoms with van der Waals surface area (Å²) in [5.41, 5.74) is 0.793. The molecule has 1 saturated heterocycles. The van der Waals surface area contributed by atoms with E-state index < -0.39 is 52.7 Å². The number of esters is 2. The van der Waals surface area contributed by atoms with Gasteiger partial charge in [0.05, 0.1) is 13.2 Å². The standard InChI is InChI=1S/C21H22F5NO5S/c1-2-30-20(28)17-19(33(22,23,24,25)26)18(21(29)31-14-16-11-7-4-8-12-16)32-27(17)13-15-9-5-3-6-10-15/h3-12,17-19H,2,13-14H2,1H3/t17-,18-,19-/m1/s1. The molecule has 182 valence electrons. The average Bonchev–Trinajstić information content (AvgIpc) is 3.13. The minimum absolute atomic E-state index is 0.356. The number of rotatable bonds is 8. The Kier molecular flexibility index (Phi) is 6.48. The summed E-state index contributed by atoms with van der Waals surface area (Å²) < 4.78 is 80.2. The van der Waals surface area contributed by atoms with Gasteiger partial charge in [0.1, 0.15) is 6.61 Å². The number of benzene rings is 2. The molecule has 6 nitrogen and oxygen atoms in total. The van der Waals surface area contributed by atoms with E-state index in [1.54, 1.807) is 36.4 Å². The molecule has 0 aliphatic carbocycles. The lowest BCUT2D eigenvalue weighted by molar-refractivity contribution is -0.199. The third kappa shape index (κ3) is 6.21. The zero-order valence-electron chi connectivity index (χ0n) is 17.4. The highest BCUT2D eigenvalue weighted by Gasteiger charge is 2.80. The monoisotopic (exact) mass is 495 g/mol. The van der Waals surface area contributed by atoms with Crippen molar-refractivity contribution in [2.75, 3.05) is 6.61 Å². The summed E-state index contributed by atoms with van der Waals surface area (Å²) in [6.07, 6.45) is -2.79. The van der Waals surface area contributed by atoms with Crippen molar-refractivity contribution >= 4 is 22.2 Å². The highest BCUT2D eigenvalue weighted by molar-refractivity contribution is 8.46. The third-order valence-corrected chi connectivity index (χ3v) is 6.38. The zero-order chi connectivity index (χ0) is 24.3. The van der Waals surface area contributed by atoms with E-state index in [1.165, 1.54) is 31.2 Å². The van der Waals surface area contributed by atoms with Gasteiger partial charge in [-0.1, -0.05) is 80.1 Å². The maximum atomic E-state index is 14.1. The van der Waals surface area contributed by atoms with E-state index in [-0.39, 0.29) is 6.61 Å². The Hall–Kier alpha value is -2.70. The van der Waals surface area contributed by atoms with Crippen LogP contribution in [0.2, 0.25) is 0 Å². The molecule has 2 aromatic carbocycles. The Bertz CT molecular complexity index is 991. The molecule has 0 amide bonds. The molecule has 0 radical (unpaired) electrons. The molecule has 3 rings (SSSR count). The van der Waals surface area contributed by atoms with Crippen molar-refractivity contribution in [2.45, 2.75) is 37.5 Å². The average molecular weight is 495 g/mol. The zero-order valence-corrected chi connectivity index (χ0v) is 18.2. The molecule has 0 saturated carbocycles.